The third-order valence-electron chi connectivity index (χ3n) is 2.49. The van der Waals surface area contributed by atoms with Gasteiger partial charge in [0.2, 0.25) is 0 Å². The molecule has 0 atom stereocenters. The number of hydrogen-bond acceptors (Lipinski definition) is 2. The molecule has 2 rings (SSSR count). The molecule has 0 heterocycles. The number of ether oxygens (including phenoxy) is 1. The van der Waals surface area contributed by atoms with Gasteiger partial charge in [-0.3, -0.25) is 0 Å². The zero-order valence-corrected chi connectivity index (χ0v) is 12.7. The number of aliphatic hydroxyl groups excluding tert-OH is 1. The van der Waals surface area contributed by atoms with Gasteiger partial charge in [-0.15, -0.1) is 0 Å². The van der Waals surface area contributed by atoms with Crippen molar-refractivity contribution in [2.24, 2.45) is 0 Å². The highest BCUT2D eigenvalue weighted by Crippen LogP contribution is 2.27. The maximum Gasteiger partial charge on any atom is 0.134 e. The zero-order chi connectivity index (χ0) is 13.0. The minimum Gasteiger partial charge on any atom is -0.488 e. The molecule has 0 fully saturated rings. The smallest absolute Gasteiger partial charge is 0.134 e. The molecule has 0 radical (unpaired) electrons. The van der Waals surface area contributed by atoms with E-state index < -0.39 is 0 Å². The first-order valence-corrected chi connectivity index (χ1v) is 7.04. The molecule has 0 spiro atoms. The number of hydrogen-bond donors (Lipinski definition) is 1. The van der Waals surface area contributed by atoms with Gasteiger partial charge < -0.3 is 9.84 Å². The van der Waals surface area contributed by atoms with Crippen LogP contribution in [0.1, 0.15) is 11.1 Å². The van der Waals surface area contributed by atoms with E-state index in [0.717, 1.165) is 25.8 Å². The molecule has 2 aromatic carbocycles. The second kappa shape index (κ2) is 6.36. The van der Waals surface area contributed by atoms with Crippen LogP contribution < -0.4 is 4.74 Å². The summed E-state index contributed by atoms with van der Waals surface area (Å²) in [4.78, 5) is 0. The van der Waals surface area contributed by atoms with E-state index in [0.29, 0.717) is 6.61 Å². The summed E-state index contributed by atoms with van der Waals surface area (Å²) in [5.74, 6) is 0.773. The second-order valence-corrected chi connectivity index (χ2v) is 5.61. The molecule has 0 aliphatic rings. The lowest BCUT2D eigenvalue weighted by atomic mass is 10.2. The Morgan fingerprint density at radius 1 is 0.944 bits per heavy atom. The molecule has 0 aromatic heterocycles. The molecule has 4 heteroatoms. The average Bonchev–Trinajstić information content (AvgIpc) is 2.39. The van der Waals surface area contributed by atoms with Gasteiger partial charge in [0, 0.05) is 4.47 Å². The Kier molecular flexibility index (Phi) is 4.80. The van der Waals surface area contributed by atoms with Crippen LogP contribution in [0.25, 0.3) is 0 Å². The van der Waals surface area contributed by atoms with Gasteiger partial charge in [-0.05, 0) is 51.3 Å². The minimum absolute atomic E-state index is 0.0333. The highest BCUT2D eigenvalue weighted by molar-refractivity contribution is 9.10. The number of rotatable bonds is 4. The van der Waals surface area contributed by atoms with E-state index in [1.54, 1.807) is 0 Å². The van der Waals surface area contributed by atoms with E-state index in [2.05, 4.69) is 31.9 Å². The Morgan fingerprint density at radius 2 is 1.61 bits per heavy atom. The number of halogens is 2. The largest absolute Gasteiger partial charge is 0.488 e. The van der Waals surface area contributed by atoms with Gasteiger partial charge in [0.1, 0.15) is 12.4 Å². The van der Waals surface area contributed by atoms with Gasteiger partial charge in [-0.25, -0.2) is 0 Å². The van der Waals surface area contributed by atoms with Crippen molar-refractivity contribution in [1.29, 1.82) is 0 Å². The Morgan fingerprint density at radius 3 is 2.22 bits per heavy atom. The normalized spacial score (nSPS) is 10.4. The maximum absolute atomic E-state index is 9.02. The van der Waals surface area contributed by atoms with Crippen molar-refractivity contribution in [3.8, 4) is 5.75 Å². The SMILES string of the molecule is OCc1ccc(OCc2ccc(Br)cc2)c(Br)c1. The van der Waals surface area contributed by atoms with Crippen LogP contribution >= 0.6 is 31.9 Å². The lowest BCUT2D eigenvalue weighted by Gasteiger charge is -2.09. The van der Waals surface area contributed by atoms with E-state index in [4.69, 9.17) is 9.84 Å². The standard InChI is InChI=1S/C14H12Br2O2/c15-12-4-1-10(2-5-12)9-18-14-6-3-11(8-17)7-13(14)16/h1-7,17H,8-9H2. The van der Waals surface area contributed by atoms with Crippen LogP contribution in [0.2, 0.25) is 0 Å². The van der Waals surface area contributed by atoms with Crippen LogP contribution in [-0.4, -0.2) is 5.11 Å². The third kappa shape index (κ3) is 3.57. The molecule has 0 aliphatic heterocycles. The summed E-state index contributed by atoms with van der Waals surface area (Å²) in [6.45, 7) is 0.552. The molecular formula is C14H12Br2O2. The molecule has 0 unspecified atom stereocenters. The molecule has 0 aliphatic carbocycles. The Labute approximate surface area is 123 Å². The predicted molar refractivity (Wildman–Crippen MR) is 78.5 cm³/mol. The van der Waals surface area contributed by atoms with Crippen molar-refractivity contribution in [1.82, 2.24) is 0 Å². The van der Waals surface area contributed by atoms with Crippen LogP contribution in [-0.2, 0) is 13.2 Å². The van der Waals surface area contributed by atoms with E-state index >= 15 is 0 Å². The molecule has 0 amide bonds. The third-order valence-corrected chi connectivity index (χ3v) is 3.63. The summed E-state index contributed by atoms with van der Waals surface area (Å²) >= 11 is 6.83. The molecule has 1 N–H and O–H groups in total. The van der Waals surface area contributed by atoms with E-state index in [9.17, 15) is 0 Å². The van der Waals surface area contributed by atoms with Crippen molar-refractivity contribution < 1.29 is 9.84 Å². The van der Waals surface area contributed by atoms with Gasteiger partial charge in [0.05, 0.1) is 11.1 Å². The van der Waals surface area contributed by atoms with Crippen molar-refractivity contribution in [2.75, 3.05) is 0 Å². The van der Waals surface area contributed by atoms with Crippen molar-refractivity contribution in [3.63, 3.8) is 0 Å². The molecule has 0 saturated carbocycles. The summed E-state index contributed by atoms with van der Waals surface area (Å²) in [5.41, 5.74) is 1.97. The first-order chi connectivity index (χ1) is 8.69. The van der Waals surface area contributed by atoms with Gasteiger partial charge in [0.25, 0.3) is 0 Å². The molecule has 2 aromatic rings. The van der Waals surface area contributed by atoms with Crippen molar-refractivity contribution in [3.05, 3.63) is 62.5 Å². The van der Waals surface area contributed by atoms with E-state index in [-0.39, 0.29) is 6.61 Å². The Balaban J connectivity index is 2.04. The first-order valence-electron chi connectivity index (χ1n) is 5.45. The van der Waals surface area contributed by atoms with Crippen LogP contribution in [0.3, 0.4) is 0 Å². The fourth-order valence-electron chi connectivity index (χ4n) is 1.50. The van der Waals surface area contributed by atoms with Crippen LogP contribution in [0.15, 0.2) is 51.4 Å². The first kappa shape index (κ1) is 13.6. The van der Waals surface area contributed by atoms with Crippen LogP contribution in [0, 0.1) is 0 Å². The topological polar surface area (TPSA) is 29.5 Å². The molecule has 0 saturated heterocycles. The van der Waals surface area contributed by atoms with Gasteiger partial charge >= 0.3 is 0 Å². The van der Waals surface area contributed by atoms with Crippen LogP contribution in [0.4, 0.5) is 0 Å². The molecule has 18 heavy (non-hydrogen) atoms. The van der Waals surface area contributed by atoms with E-state index in [1.807, 2.05) is 42.5 Å². The van der Waals surface area contributed by atoms with Crippen molar-refractivity contribution >= 4 is 31.9 Å². The Bertz CT molecular complexity index is 524. The number of aliphatic hydroxyl groups is 1. The molecule has 94 valence electrons. The van der Waals surface area contributed by atoms with Gasteiger partial charge in [0.15, 0.2) is 0 Å². The van der Waals surface area contributed by atoms with Crippen LogP contribution in [0.5, 0.6) is 5.75 Å². The lowest BCUT2D eigenvalue weighted by molar-refractivity contribution is 0.280. The lowest BCUT2D eigenvalue weighted by Crippen LogP contribution is -1.96. The quantitative estimate of drug-likeness (QED) is 0.868. The highest BCUT2D eigenvalue weighted by atomic mass is 79.9. The van der Waals surface area contributed by atoms with Gasteiger partial charge in [-0.1, -0.05) is 34.1 Å². The summed E-state index contributed by atoms with van der Waals surface area (Å²) < 4.78 is 7.63. The van der Waals surface area contributed by atoms with Crippen molar-refractivity contribution in [2.45, 2.75) is 13.2 Å². The molecular weight excluding hydrogens is 360 g/mol. The summed E-state index contributed by atoms with van der Waals surface area (Å²) in [6, 6.07) is 13.6. The summed E-state index contributed by atoms with van der Waals surface area (Å²) in [6.07, 6.45) is 0. The summed E-state index contributed by atoms with van der Waals surface area (Å²) in [5, 5.41) is 9.02. The predicted octanol–water partition coefficient (Wildman–Crippen LogP) is 4.28. The average molecular weight is 372 g/mol. The fourth-order valence-corrected chi connectivity index (χ4v) is 2.31. The van der Waals surface area contributed by atoms with Gasteiger partial charge in [-0.2, -0.15) is 0 Å². The Hall–Kier alpha value is -0.840. The minimum atomic E-state index is 0.0333. The second-order valence-electron chi connectivity index (χ2n) is 3.84. The number of benzene rings is 2. The fraction of sp³-hybridized carbons (Fsp3) is 0.143. The molecule has 0 bridgehead atoms. The monoisotopic (exact) mass is 370 g/mol. The molecule has 2 nitrogen and oxygen atoms in total. The van der Waals surface area contributed by atoms with E-state index in [1.165, 1.54) is 0 Å². The summed E-state index contributed by atoms with van der Waals surface area (Å²) in [7, 11) is 0. The zero-order valence-electron chi connectivity index (χ0n) is 9.57. The maximum atomic E-state index is 9.02. The highest BCUT2D eigenvalue weighted by Gasteiger charge is 2.03.